The lowest BCUT2D eigenvalue weighted by atomic mass is 9.89. The molecule has 2 aliphatic heterocycles. The number of nitrogens with zero attached hydrogens (tertiary/aromatic N) is 3. The number of hydrogen-bond acceptors (Lipinski definition) is 5. The predicted molar refractivity (Wildman–Crippen MR) is 102 cm³/mol. The molecule has 0 radical (unpaired) electrons. The van der Waals surface area contributed by atoms with E-state index < -0.39 is 0 Å². The molecule has 0 aliphatic carbocycles. The van der Waals surface area contributed by atoms with E-state index in [2.05, 4.69) is 39.9 Å². The van der Waals surface area contributed by atoms with E-state index in [0.717, 1.165) is 58.7 Å². The molecule has 25 heavy (non-hydrogen) atoms. The van der Waals surface area contributed by atoms with Crippen molar-refractivity contribution in [1.29, 1.82) is 0 Å². The number of rotatable bonds is 4. The van der Waals surface area contributed by atoms with Crippen LogP contribution >= 0.6 is 11.3 Å². The third kappa shape index (κ3) is 4.29. The topological polar surface area (TPSA) is 28.6 Å². The molecule has 4 heterocycles. The SMILES string of the molecule is Cc1ccc(CN2CCC3(CC2)CN(Cc2cccnc2)CCO3)s1. The Morgan fingerprint density at radius 3 is 2.72 bits per heavy atom. The van der Waals surface area contributed by atoms with Crippen LogP contribution < -0.4 is 0 Å². The zero-order valence-electron chi connectivity index (χ0n) is 15.0. The Labute approximate surface area is 154 Å². The Morgan fingerprint density at radius 2 is 2.00 bits per heavy atom. The summed E-state index contributed by atoms with van der Waals surface area (Å²) in [6.45, 7) is 9.46. The maximum Gasteiger partial charge on any atom is 0.0833 e. The van der Waals surface area contributed by atoms with Gasteiger partial charge in [0.15, 0.2) is 0 Å². The molecule has 0 aromatic carbocycles. The van der Waals surface area contributed by atoms with Crippen LogP contribution in [0.25, 0.3) is 0 Å². The van der Waals surface area contributed by atoms with Crippen molar-refractivity contribution in [1.82, 2.24) is 14.8 Å². The highest BCUT2D eigenvalue weighted by Gasteiger charge is 2.39. The molecule has 4 nitrogen and oxygen atoms in total. The highest BCUT2D eigenvalue weighted by Crippen LogP contribution is 2.31. The molecule has 0 saturated carbocycles. The summed E-state index contributed by atoms with van der Waals surface area (Å²) in [5.41, 5.74) is 1.35. The number of thiophene rings is 1. The van der Waals surface area contributed by atoms with Crippen LogP contribution in [0.5, 0.6) is 0 Å². The number of hydrogen-bond donors (Lipinski definition) is 0. The smallest absolute Gasteiger partial charge is 0.0833 e. The summed E-state index contributed by atoms with van der Waals surface area (Å²) in [6, 6.07) is 8.69. The minimum absolute atomic E-state index is 0.0579. The maximum absolute atomic E-state index is 6.30. The quantitative estimate of drug-likeness (QED) is 0.839. The van der Waals surface area contributed by atoms with E-state index in [-0.39, 0.29) is 5.60 Å². The van der Waals surface area contributed by atoms with Crippen molar-refractivity contribution in [2.75, 3.05) is 32.8 Å². The van der Waals surface area contributed by atoms with Crippen LogP contribution in [0.2, 0.25) is 0 Å². The second kappa shape index (κ2) is 7.54. The summed E-state index contributed by atoms with van der Waals surface area (Å²) in [4.78, 5) is 12.3. The normalized spacial score (nSPS) is 21.6. The summed E-state index contributed by atoms with van der Waals surface area (Å²) < 4.78 is 6.30. The Bertz CT molecular complexity index is 679. The third-order valence-corrected chi connectivity index (χ3v) is 6.38. The van der Waals surface area contributed by atoms with Crippen molar-refractivity contribution in [3.8, 4) is 0 Å². The molecule has 0 N–H and O–H groups in total. The monoisotopic (exact) mass is 357 g/mol. The van der Waals surface area contributed by atoms with Gasteiger partial charge in [-0.15, -0.1) is 11.3 Å². The molecule has 0 unspecified atom stereocenters. The molecule has 2 saturated heterocycles. The highest BCUT2D eigenvalue weighted by atomic mass is 32.1. The van der Waals surface area contributed by atoms with Crippen molar-refractivity contribution >= 4 is 11.3 Å². The molecule has 4 rings (SSSR count). The molecule has 2 aromatic rings. The molecule has 134 valence electrons. The summed E-state index contributed by atoms with van der Waals surface area (Å²) in [6.07, 6.45) is 6.10. The van der Waals surface area contributed by atoms with E-state index in [1.807, 2.05) is 29.8 Å². The Balaban J connectivity index is 1.32. The van der Waals surface area contributed by atoms with Crippen LogP contribution in [0.15, 0.2) is 36.7 Å². The van der Waals surface area contributed by atoms with Gasteiger partial charge in [0.05, 0.1) is 12.2 Å². The summed E-state index contributed by atoms with van der Waals surface area (Å²) in [5.74, 6) is 0. The molecule has 2 fully saturated rings. The van der Waals surface area contributed by atoms with Crippen molar-refractivity contribution in [2.24, 2.45) is 0 Å². The van der Waals surface area contributed by atoms with Gasteiger partial charge < -0.3 is 4.74 Å². The van der Waals surface area contributed by atoms with Crippen LogP contribution in [0.1, 0.15) is 28.2 Å². The molecule has 1 spiro atoms. The summed E-state index contributed by atoms with van der Waals surface area (Å²) >= 11 is 1.92. The van der Waals surface area contributed by atoms with Crippen molar-refractivity contribution in [3.63, 3.8) is 0 Å². The maximum atomic E-state index is 6.30. The summed E-state index contributed by atoms with van der Waals surface area (Å²) in [7, 11) is 0. The first-order valence-electron chi connectivity index (χ1n) is 9.24. The fourth-order valence-electron chi connectivity index (χ4n) is 4.02. The first kappa shape index (κ1) is 17.2. The molecular formula is C20H27N3OS. The summed E-state index contributed by atoms with van der Waals surface area (Å²) in [5, 5.41) is 0. The Morgan fingerprint density at radius 1 is 1.12 bits per heavy atom. The molecule has 5 heteroatoms. The van der Waals surface area contributed by atoms with Gasteiger partial charge in [-0.1, -0.05) is 6.07 Å². The largest absolute Gasteiger partial charge is 0.372 e. The van der Waals surface area contributed by atoms with Crippen LogP contribution in [0, 0.1) is 6.92 Å². The van der Waals surface area contributed by atoms with E-state index in [1.54, 1.807) is 0 Å². The zero-order valence-corrected chi connectivity index (χ0v) is 15.8. The molecule has 2 aliphatic rings. The lowest BCUT2D eigenvalue weighted by molar-refractivity contribution is -0.138. The van der Waals surface area contributed by atoms with E-state index in [9.17, 15) is 0 Å². The average molecular weight is 358 g/mol. The fraction of sp³-hybridized carbons (Fsp3) is 0.550. The number of aryl methyl sites for hydroxylation is 1. The van der Waals surface area contributed by atoms with E-state index in [0.29, 0.717) is 0 Å². The fourth-order valence-corrected chi connectivity index (χ4v) is 4.95. The number of ether oxygens (including phenoxy) is 1. The number of aromatic nitrogens is 1. The second-order valence-electron chi connectivity index (χ2n) is 7.39. The number of piperidine rings is 1. The van der Waals surface area contributed by atoms with Gasteiger partial charge >= 0.3 is 0 Å². The average Bonchev–Trinajstić information content (AvgIpc) is 3.03. The highest BCUT2D eigenvalue weighted by molar-refractivity contribution is 7.11. The number of likely N-dealkylation sites (tertiary alicyclic amines) is 1. The van der Waals surface area contributed by atoms with Gasteiger partial charge in [-0.05, 0) is 43.5 Å². The Kier molecular flexibility index (Phi) is 5.17. The van der Waals surface area contributed by atoms with Gasteiger partial charge in [-0.2, -0.15) is 0 Å². The molecular weight excluding hydrogens is 330 g/mol. The zero-order chi connectivity index (χ0) is 17.1. The Hall–Kier alpha value is -1.27. The third-order valence-electron chi connectivity index (χ3n) is 5.40. The molecule has 2 aromatic heterocycles. The van der Waals surface area contributed by atoms with E-state index in [1.165, 1.54) is 15.3 Å². The van der Waals surface area contributed by atoms with Crippen molar-refractivity contribution in [2.45, 2.75) is 38.5 Å². The lowest BCUT2D eigenvalue weighted by Crippen LogP contribution is -2.56. The lowest BCUT2D eigenvalue weighted by Gasteiger charge is -2.47. The van der Waals surface area contributed by atoms with Crippen LogP contribution in [-0.2, 0) is 17.8 Å². The minimum Gasteiger partial charge on any atom is -0.372 e. The van der Waals surface area contributed by atoms with E-state index in [4.69, 9.17) is 4.74 Å². The van der Waals surface area contributed by atoms with Gasteiger partial charge in [-0.25, -0.2) is 0 Å². The van der Waals surface area contributed by atoms with Crippen LogP contribution in [0.4, 0.5) is 0 Å². The van der Waals surface area contributed by atoms with E-state index >= 15 is 0 Å². The minimum atomic E-state index is 0.0579. The van der Waals surface area contributed by atoms with Gasteiger partial charge in [0, 0.05) is 61.4 Å². The van der Waals surface area contributed by atoms with Gasteiger partial charge in [-0.3, -0.25) is 14.8 Å². The van der Waals surface area contributed by atoms with Gasteiger partial charge in [0.1, 0.15) is 0 Å². The van der Waals surface area contributed by atoms with Crippen molar-refractivity contribution in [3.05, 3.63) is 52.0 Å². The number of pyridine rings is 1. The van der Waals surface area contributed by atoms with Crippen molar-refractivity contribution < 1.29 is 4.74 Å². The van der Waals surface area contributed by atoms with Gasteiger partial charge in [0.2, 0.25) is 0 Å². The second-order valence-corrected chi connectivity index (χ2v) is 8.76. The molecule has 0 amide bonds. The predicted octanol–water partition coefficient (Wildman–Crippen LogP) is 3.32. The van der Waals surface area contributed by atoms with Gasteiger partial charge in [0.25, 0.3) is 0 Å². The molecule has 0 atom stereocenters. The van der Waals surface area contributed by atoms with Crippen LogP contribution in [-0.4, -0.2) is 53.2 Å². The first-order valence-corrected chi connectivity index (χ1v) is 10.1. The number of morpholine rings is 1. The van der Waals surface area contributed by atoms with Crippen LogP contribution in [0.3, 0.4) is 0 Å². The molecule has 0 bridgehead atoms. The first-order chi connectivity index (χ1) is 12.2. The standard InChI is InChI=1S/C20H27N3OS/c1-17-4-5-19(25-17)15-22-9-6-20(7-10-22)16-23(11-12-24-20)14-18-3-2-8-21-13-18/h2-5,8,13H,6-7,9-12,14-16H2,1H3.